The number of aromatic nitrogens is 1. The summed E-state index contributed by atoms with van der Waals surface area (Å²) in [5, 5.41) is 4.28. The number of carbonyl (C=O) groups excluding carboxylic acids is 1. The highest BCUT2D eigenvalue weighted by atomic mass is 16.5. The maximum absolute atomic E-state index is 11.4. The molecule has 0 saturated carbocycles. The average Bonchev–Trinajstić information content (AvgIpc) is 2.98. The van der Waals surface area contributed by atoms with Gasteiger partial charge in [-0.25, -0.2) is 4.79 Å². The lowest BCUT2D eigenvalue weighted by Gasteiger charge is -2.45. The van der Waals surface area contributed by atoms with Crippen LogP contribution in [0.5, 0.6) is 0 Å². The molecular weight excluding hydrogens is 290 g/mol. The molecule has 0 bridgehead atoms. The summed E-state index contributed by atoms with van der Waals surface area (Å²) in [6.07, 6.45) is 4.05. The summed E-state index contributed by atoms with van der Waals surface area (Å²) in [6, 6.07) is 7.14. The van der Waals surface area contributed by atoms with E-state index in [1.165, 1.54) is 29.1 Å². The first-order valence-corrected chi connectivity index (χ1v) is 8.28. The van der Waals surface area contributed by atoms with Gasteiger partial charge in [-0.1, -0.05) is 12.1 Å². The Balaban J connectivity index is 1.62. The Morgan fingerprint density at radius 3 is 3.17 bits per heavy atom. The van der Waals surface area contributed by atoms with Gasteiger partial charge in [0, 0.05) is 42.1 Å². The number of fused-ring (bicyclic) bond motifs is 2. The number of likely N-dealkylation sites (N-methyl/N-ethyl adjacent to an activating group) is 1. The second-order valence-electron chi connectivity index (χ2n) is 6.88. The molecule has 0 spiro atoms. The molecule has 1 aliphatic heterocycles. The molecule has 1 aromatic carbocycles. The number of H-pyrrole nitrogens is 1. The smallest absolute Gasteiger partial charge is 0.406 e. The quantitative estimate of drug-likeness (QED) is 0.895. The molecule has 23 heavy (non-hydrogen) atoms. The Morgan fingerprint density at radius 1 is 1.48 bits per heavy atom. The van der Waals surface area contributed by atoms with Gasteiger partial charge in [0.2, 0.25) is 0 Å². The number of hydrogen-bond donors (Lipinski definition) is 2. The van der Waals surface area contributed by atoms with E-state index >= 15 is 0 Å². The molecule has 1 amide bonds. The largest absolute Gasteiger partial charge is 0.453 e. The summed E-state index contributed by atoms with van der Waals surface area (Å²) in [4.78, 5) is 17.2. The topological polar surface area (TPSA) is 57.4 Å². The van der Waals surface area contributed by atoms with Crippen molar-refractivity contribution in [2.75, 3.05) is 27.2 Å². The molecule has 2 N–H and O–H groups in total. The number of carbonyl (C=O) groups is 1. The molecule has 2 aliphatic rings. The number of alkyl carbamates (subject to hydrolysis) is 1. The molecule has 2 heterocycles. The Labute approximate surface area is 136 Å². The standard InChI is InChI=1S/C18H23N3O2/c1-21-10-11(8-20-18(22)23-2)6-14-13-4-3-5-15-17(13)12(9-19-15)7-16(14)21/h3-5,9,11,14,16,19H,6-8,10H2,1-2H3,(H,20,22)/t11-,14+,16+/m0/s1. The van der Waals surface area contributed by atoms with E-state index in [0.717, 1.165) is 19.4 Å². The molecule has 1 fully saturated rings. The molecule has 2 aromatic rings. The molecule has 3 atom stereocenters. The van der Waals surface area contributed by atoms with Gasteiger partial charge in [-0.15, -0.1) is 0 Å². The number of methoxy groups -OCH3 is 1. The summed E-state index contributed by atoms with van der Waals surface area (Å²) >= 11 is 0. The number of nitrogens with zero attached hydrogens (tertiary/aromatic N) is 1. The predicted molar refractivity (Wildman–Crippen MR) is 89.7 cm³/mol. The number of ether oxygens (including phenoxy) is 1. The van der Waals surface area contributed by atoms with Crippen molar-refractivity contribution in [2.24, 2.45) is 5.92 Å². The summed E-state index contributed by atoms with van der Waals surface area (Å²) < 4.78 is 4.69. The minimum atomic E-state index is -0.339. The van der Waals surface area contributed by atoms with E-state index in [2.05, 4.69) is 51.4 Å². The number of aromatic amines is 1. The Bertz CT molecular complexity index is 739. The number of hydrogen-bond acceptors (Lipinski definition) is 3. The number of piperidine rings is 1. The van der Waals surface area contributed by atoms with Crippen molar-refractivity contribution >= 4 is 17.0 Å². The number of rotatable bonds is 2. The number of nitrogens with one attached hydrogen (secondary N) is 2. The normalized spacial score (nSPS) is 26.8. The van der Waals surface area contributed by atoms with Crippen molar-refractivity contribution in [1.82, 2.24) is 15.2 Å². The van der Waals surface area contributed by atoms with Crippen molar-refractivity contribution in [3.63, 3.8) is 0 Å². The van der Waals surface area contributed by atoms with Gasteiger partial charge in [0.05, 0.1) is 7.11 Å². The molecule has 4 rings (SSSR count). The van der Waals surface area contributed by atoms with Crippen molar-refractivity contribution < 1.29 is 9.53 Å². The maximum atomic E-state index is 11.4. The van der Waals surface area contributed by atoms with Crippen LogP contribution in [0.2, 0.25) is 0 Å². The van der Waals surface area contributed by atoms with Crippen molar-refractivity contribution in [1.29, 1.82) is 0 Å². The first-order chi connectivity index (χ1) is 11.2. The zero-order valence-corrected chi connectivity index (χ0v) is 13.6. The fourth-order valence-corrected chi connectivity index (χ4v) is 4.50. The summed E-state index contributed by atoms with van der Waals surface area (Å²) in [7, 11) is 3.62. The minimum Gasteiger partial charge on any atom is -0.453 e. The average molecular weight is 313 g/mol. The number of likely N-dealkylation sites (tertiary alicyclic amines) is 1. The van der Waals surface area contributed by atoms with Crippen LogP contribution in [0.4, 0.5) is 4.79 Å². The van der Waals surface area contributed by atoms with Crippen LogP contribution < -0.4 is 5.32 Å². The molecule has 1 aromatic heterocycles. The van der Waals surface area contributed by atoms with Gasteiger partial charge < -0.3 is 19.9 Å². The number of amides is 1. The molecule has 0 unspecified atom stereocenters. The Morgan fingerprint density at radius 2 is 2.35 bits per heavy atom. The van der Waals surface area contributed by atoms with Gasteiger partial charge >= 0.3 is 6.09 Å². The number of benzene rings is 1. The van der Waals surface area contributed by atoms with Gasteiger partial charge in [-0.05, 0) is 43.0 Å². The van der Waals surface area contributed by atoms with E-state index in [1.807, 2.05) is 0 Å². The van der Waals surface area contributed by atoms with Crippen molar-refractivity contribution in [3.05, 3.63) is 35.5 Å². The van der Waals surface area contributed by atoms with Gasteiger partial charge in [0.25, 0.3) is 0 Å². The molecule has 1 saturated heterocycles. The molecule has 0 radical (unpaired) electrons. The molecule has 5 heteroatoms. The highest BCUT2D eigenvalue weighted by Crippen LogP contribution is 2.44. The van der Waals surface area contributed by atoms with Crippen LogP contribution in [0.25, 0.3) is 10.9 Å². The van der Waals surface area contributed by atoms with E-state index in [-0.39, 0.29) is 6.09 Å². The van der Waals surface area contributed by atoms with E-state index < -0.39 is 0 Å². The molecule has 5 nitrogen and oxygen atoms in total. The third-order valence-corrected chi connectivity index (χ3v) is 5.53. The van der Waals surface area contributed by atoms with Crippen LogP contribution in [0.1, 0.15) is 23.5 Å². The third-order valence-electron chi connectivity index (χ3n) is 5.53. The van der Waals surface area contributed by atoms with Gasteiger partial charge in [0.15, 0.2) is 0 Å². The van der Waals surface area contributed by atoms with Gasteiger partial charge in [-0.2, -0.15) is 0 Å². The van der Waals surface area contributed by atoms with Crippen LogP contribution in [-0.2, 0) is 11.2 Å². The lowest BCUT2D eigenvalue weighted by molar-refractivity contribution is 0.108. The van der Waals surface area contributed by atoms with Gasteiger partial charge in [-0.3, -0.25) is 0 Å². The predicted octanol–water partition coefficient (Wildman–Crippen LogP) is 2.48. The van der Waals surface area contributed by atoms with E-state index in [4.69, 9.17) is 0 Å². The van der Waals surface area contributed by atoms with E-state index in [0.29, 0.717) is 24.4 Å². The van der Waals surface area contributed by atoms with Gasteiger partial charge in [0.1, 0.15) is 0 Å². The Kier molecular flexibility index (Phi) is 3.53. The summed E-state index contributed by atoms with van der Waals surface area (Å²) in [5.74, 6) is 0.987. The highest BCUT2D eigenvalue weighted by Gasteiger charge is 2.39. The zero-order valence-electron chi connectivity index (χ0n) is 13.6. The second kappa shape index (κ2) is 5.57. The third kappa shape index (κ3) is 2.39. The van der Waals surface area contributed by atoms with E-state index in [9.17, 15) is 4.79 Å². The lowest BCUT2D eigenvalue weighted by Crippen LogP contribution is -2.50. The SMILES string of the molecule is COC(=O)NC[C@@H]1C[C@@H]2c3cccc4[nH]cc(c34)C[C@H]2N(C)C1. The second-order valence-corrected chi connectivity index (χ2v) is 6.88. The first kappa shape index (κ1) is 14.6. The van der Waals surface area contributed by atoms with Crippen molar-refractivity contribution in [3.8, 4) is 0 Å². The van der Waals surface area contributed by atoms with Crippen molar-refractivity contribution in [2.45, 2.75) is 24.8 Å². The highest BCUT2D eigenvalue weighted by molar-refractivity contribution is 5.88. The lowest BCUT2D eigenvalue weighted by atomic mass is 9.72. The molecule has 122 valence electrons. The summed E-state index contributed by atoms with van der Waals surface area (Å²) in [5.41, 5.74) is 4.15. The summed E-state index contributed by atoms with van der Waals surface area (Å²) in [6.45, 7) is 1.69. The monoisotopic (exact) mass is 313 g/mol. The fourth-order valence-electron chi connectivity index (χ4n) is 4.50. The fraction of sp³-hybridized carbons (Fsp3) is 0.500. The zero-order chi connectivity index (χ0) is 16.0. The maximum Gasteiger partial charge on any atom is 0.406 e. The van der Waals surface area contributed by atoms with Crippen LogP contribution in [0, 0.1) is 5.92 Å². The van der Waals surface area contributed by atoms with Crippen LogP contribution in [0.3, 0.4) is 0 Å². The Hall–Kier alpha value is -2.01. The van der Waals surface area contributed by atoms with Crippen LogP contribution >= 0.6 is 0 Å². The molecule has 1 aliphatic carbocycles. The van der Waals surface area contributed by atoms with Crippen LogP contribution in [0.15, 0.2) is 24.4 Å². The van der Waals surface area contributed by atoms with Crippen LogP contribution in [-0.4, -0.2) is 49.3 Å². The van der Waals surface area contributed by atoms with E-state index in [1.54, 1.807) is 0 Å². The minimum absolute atomic E-state index is 0.339. The molecular formula is C18H23N3O2. The first-order valence-electron chi connectivity index (χ1n) is 8.28.